The molecule has 30 heavy (non-hydrogen) atoms. The van der Waals surface area contributed by atoms with Crippen molar-refractivity contribution in [3.8, 4) is 0 Å². The minimum Gasteiger partial charge on any atom is -0.0630 e. The van der Waals surface area contributed by atoms with Gasteiger partial charge in [0.2, 0.25) is 0 Å². The molecule has 0 aliphatic carbocycles. The molecule has 0 saturated heterocycles. The summed E-state index contributed by atoms with van der Waals surface area (Å²) < 4.78 is 0. The summed E-state index contributed by atoms with van der Waals surface area (Å²) in [5.41, 5.74) is 1.00. The molecule has 0 nitrogen and oxygen atoms in total. The van der Waals surface area contributed by atoms with Gasteiger partial charge in [-0.2, -0.15) is 0 Å². The molecule has 0 rings (SSSR count). The van der Waals surface area contributed by atoms with E-state index in [4.69, 9.17) is 0 Å². The minimum absolute atomic E-state index is 0.500. The van der Waals surface area contributed by atoms with Crippen LogP contribution < -0.4 is 0 Å². The summed E-state index contributed by atoms with van der Waals surface area (Å²) in [5, 5.41) is 0. The molecule has 0 saturated carbocycles. The van der Waals surface area contributed by atoms with Crippen molar-refractivity contribution in [2.75, 3.05) is 0 Å². The lowest BCUT2D eigenvalue weighted by molar-refractivity contribution is 0.469. The molecule has 0 radical (unpaired) electrons. The van der Waals surface area contributed by atoms with Gasteiger partial charge in [-0.15, -0.1) is 0 Å². The predicted octanol–water partition coefficient (Wildman–Crippen LogP) is 12.4. The third kappa shape index (κ3) is 0. The summed E-state index contributed by atoms with van der Waals surface area (Å²) in [6.07, 6.45) is 0. The highest BCUT2D eigenvalue weighted by Gasteiger charge is 1.96. The largest absolute Gasteiger partial charge is 0.0630 e. The molecule has 0 aliphatic heterocycles. The molecule has 0 atom stereocenters. The molecule has 0 aromatic carbocycles. The molecule has 0 amide bonds. The van der Waals surface area contributed by atoms with Crippen LogP contribution in [0.1, 0.15) is 159 Å². The first-order chi connectivity index (χ1) is 12.7. The first-order valence-corrected chi connectivity index (χ1v) is 12.7. The van der Waals surface area contributed by atoms with E-state index in [9.17, 15) is 0 Å². The Bertz CT molecular complexity index is 155. The van der Waals surface area contributed by atoms with E-state index in [0.717, 1.165) is 29.6 Å². The molecule has 0 aromatic heterocycles. The third-order valence-corrected chi connectivity index (χ3v) is 0. The average Bonchev–Trinajstić information content (AvgIpc) is 2.16. The van der Waals surface area contributed by atoms with Crippen molar-refractivity contribution in [3.63, 3.8) is 0 Å². The van der Waals surface area contributed by atoms with Crippen molar-refractivity contribution in [1.29, 1.82) is 0 Å². The maximum atomic E-state index is 2.19. The molecule has 0 N–H and O–H groups in total. The number of hydrogen-bond acceptors (Lipinski definition) is 0. The van der Waals surface area contributed by atoms with Crippen LogP contribution in [0.15, 0.2) is 0 Å². The number of rotatable bonds is 0. The van der Waals surface area contributed by atoms with Gasteiger partial charge in [0, 0.05) is 0 Å². The second-order valence-corrected chi connectivity index (χ2v) is 14.7. The average molecular weight is 435 g/mol. The highest BCUT2D eigenvalue weighted by atomic mass is 14.0. The Morgan fingerprint density at radius 2 is 0.233 bits per heavy atom. The molecule has 0 unspecified atom stereocenters. The van der Waals surface area contributed by atoms with Gasteiger partial charge < -0.3 is 0 Å². The molecule has 0 spiro atoms. The van der Waals surface area contributed by atoms with Crippen LogP contribution in [0.5, 0.6) is 0 Å². The molecule has 0 aliphatic rings. The fourth-order valence-corrected chi connectivity index (χ4v) is 0. The molecule has 0 heterocycles. The van der Waals surface area contributed by atoms with E-state index < -0.39 is 0 Å². The Morgan fingerprint density at radius 3 is 0.233 bits per heavy atom. The van der Waals surface area contributed by atoms with Gasteiger partial charge in [-0.25, -0.2) is 0 Å². The minimum atomic E-state index is 0.500. The van der Waals surface area contributed by atoms with E-state index >= 15 is 0 Å². The fourth-order valence-electron chi connectivity index (χ4n) is 0. The van der Waals surface area contributed by atoms with Crippen LogP contribution in [0.3, 0.4) is 0 Å². The Labute approximate surface area is 199 Å². The maximum absolute atomic E-state index is 2.19. The third-order valence-electron chi connectivity index (χ3n) is 0. The van der Waals surface area contributed by atoms with Crippen molar-refractivity contribution in [1.82, 2.24) is 0 Å². The van der Waals surface area contributed by atoms with E-state index in [2.05, 4.69) is 159 Å². The van der Waals surface area contributed by atoms with Gasteiger partial charge in [0.25, 0.3) is 0 Å². The van der Waals surface area contributed by atoms with Gasteiger partial charge in [-0.1, -0.05) is 159 Å². The van der Waals surface area contributed by atoms with Crippen molar-refractivity contribution >= 4 is 0 Å². The highest BCUT2D eigenvalue weighted by Crippen LogP contribution is 2.08. The highest BCUT2D eigenvalue weighted by molar-refractivity contribution is 4.48. The lowest BCUT2D eigenvalue weighted by Crippen LogP contribution is -1.93. The van der Waals surface area contributed by atoms with E-state index in [-0.39, 0.29) is 0 Å². The quantitative estimate of drug-likeness (QED) is 0.355. The smallest absolute Gasteiger partial charge is 0.0411 e. The lowest BCUT2D eigenvalue weighted by Gasteiger charge is -2.05. The molecular weight excluding hydrogens is 360 g/mol. The van der Waals surface area contributed by atoms with Crippen molar-refractivity contribution in [2.45, 2.75) is 159 Å². The fraction of sp³-hybridized carbons (Fsp3) is 1.00. The van der Waals surface area contributed by atoms with Crippen LogP contribution in [-0.4, -0.2) is 0 Å². The van der Waals surface area contributed by atoms with E-state index in [0.29, 0.717) is 10.8 Å². The first-order valence-electron chi connectivity index (χ1n) is 12.7. The van der Waals surface area contributed by atoms with Crippen LogP contribution in [0.2, 0.25) is 0 Å². The molecule has 194 valence electrons. The molecule has 0 fully saturated rings. The van der Waals surface area contributed by atoms with Gasteiger partial charge in [-0.3, -0.25) is 0 Å². The standard InChI is InChI=1S/2C5H12.5C4H10/c2*1-5(2,3)4;5*1-4(2)3/h2*1-4H3;5*4H,1-3H3. The van der Waals surface area contributed by atoms with Gasteiger partial charge in [0.05, 0.1) is 0 Å². The molecule has 0 heteroatoms. The van der Waals surface area contributed by atoms with Gasteiger partial charge >= 0.3 is 0 Å². The summed E-state index contributed by atoms with van der Waals surface area (Å²) in [7, 11) is 0. The summed E-state index contributed by atoms with van der Waals surface area (Å²) in [6, 6.07) is 0. The normalized spacial score (nSPS) is 10.0. The maximum Gasteiger partial charge on any atom is -0.0411 e. The topological polar surface area (TPSA) is 0 Å². The second-order valence-electron chi connectivity index (χ2n) is 14.7. The Hall–Kier alpha value is 0. The van der Waals surface area contributed by atoms with Gasteiger partial charge in [-0.05, 0) is 40.4 Å². The van der Waals surface area contributed by atoms with Crippen LogP contribution in [0.4, 0.5) is 0 Å². The number of hydrogen-bond donors (Lipinski definition) is 0. The molecule has 0 aromatic rings. The van der Waals surface area contributed by atoms with Gasteiger partial charge in [0.15, 0.2) is 0 Å². The van der Waals surface area contributed by atoms with Crippen LogP contribution >= 0.6 is 0 Å². The summed E-state index contributed by atoms with van der Waals surface area (Å²) in [4.78, 5) is 0. The van der Waals surface area contributed by atoms with Crippen molar-refractivity contribution in [3.05, 3.63) is 0 Å². The first kappa shape index (κ1) is 47.7. The van der Waals surface area contributed by atoms with Crippen LogP contribution in [0, 0.1) is 40.4 Å². The zero-order chi connectivity index (χ0) is 26.9. The van der Waals surface area contributed by atoms with E-state index in [1.165, 1.54) is 0 Å². The van der Waals surface area contributed by atoms with Crippen LogP contribution in [0.25, 0.3) is 0 Å². The summed E-state index contributed by atoms with van der Waals surface area (Å²) >= 11 is 0. The monoisotopic (exact) mass is 435 g/mol. The second kappa shape index (κ2) is 31.2. The van der Waals surface area contributed by atoms with Crippen molar-refractivity contribution < 1.29 is 0 Å². The Balaban J connectivity index is -0.0000000413. The zero-order valence-corrected chi connectivity index (χ0v) is 26.9. The lowest BCUT2D eigenvalue weighted by atomic mass is 10.0. The zero-order valence-electron chi connectivity index (χ0n) is 26.9. The molecule has 0 bridgehead atoms. The summed E-state index contributed by atoms with van der Waals surface area (Å²) in [6.45, 7) is 50.0. The Morgan fingerprint density at radius 1 is 0.233 bits per heavy atom. The SMILES string of the molecule is CC(C)(C)C.CC(C)(C)C.CC(C)C.CC(C)C.CC(C)C.CC(C)C.CC(C)C. The van der Waals surface area contributed by atoms with E-state index in [1.54, 1.807) is 0 Å². The van der Waals surface area contributed by atoms with Crippen LogP contribution in [-0.2, 0) is 0 Å². The Kier molecular flexibility index (Phi) is 49.6. The predicted molar refractivity (Wildman–Crippen MR) is 153 cm³/mol. The van der Waals surface area contributed by atoms with Gasteiger partial charge in [0.1, 0.15) is 0 Å². The van der Waals surface area contributed by atoms with E-state index in [1.807, 2.05) is 0 Å². The summed E-state index contributed by atoms with van der Waals surface area (Å²) in [5.74, 6) is 4.17. The van der Waals surface area contributed by atoms with Crippen molar-refractivity contribution in [2.24, 2.45) is 40.4 Å². The molecular formula is C30H74.